The molecular weight excluding hydrogens is 288 g/mol. The molecule has 1 aromatic carbocycles. The standard InChI is InChI=1S/C19H28N2O2/c22-14-17-9-6-12-21(17)13-18(23)20-15-19(10-4-5-11-19)16-7-2-1-3-8-16/h1-3,7-8,17,22H,4-6,9-15H2,(H,20,23)/t17-/m1/s1. The predicted octanol–water partition coefficient (Wildman–Crippen LogP) is 2.07. The van der Waals surface area contributed by atoms with Gasteiger partial charge in [-0.25, -0.2) is 0 Å². The minimum Gasteiger partial charge on any atom is -0.395 e. The molecule has 1 saturated carbocycles. The van der Waals surface area contributed by atoms with Gasteiger partial charge in [0.2, 0.25) is 5.91 Å². The van der Waals surface area contributed by atoms with Gasteiger partial charge in [-0.1, -0.05) is 43.2 Å². The van der Waals surface area contributed by atoms with Crippen molar-refractivity contribution in [2.45, 2.75) is 50.0 Å². The first-order valence-corrected chi connectivity index (χ1v) is 8.91. The highest BCUT2D eigenvalue weighted by Crippen LogP contribution is 2.40. The molecule has 0 bridgehead atoms. The number of benzene rings is 1. The van der Waals surface area contributed by atoms with Gasteiger partial charge in [0.1, 0.15) is 0 Å². The fourth-order valence-corrected chi connectivity index (χ4v) is 4.23. The number of nitrogens with one attached hydrogen (secondary N) is 1. The van der Waals surface area contributed by atoms with Gasteiger partial charge in [0.05, 0.1) is 13.2 Å². The number of likely N-dealkylation sites (tertiary alicyclic amines) is 1. The number of aliphatic hydroxyl groups is 1. The average molecular weight is 316 g/mol. The molecule has 1 amide bonds. The summed E-state index contributed by atoms with van der Waals surface area (Å²) in [6.07, 6.45) is 6.86. The van der Waals surface area contributed by atoms with Crippen LogP contribution in [0.1, 0.15) is 44.1 Å². The number of hydrogen-bond donors (Lipinski definition) is 2. The lowest BCUT2D eigenvalue weighted by Crippen LogP contribution is -2.45. The normalized spacial score (nSPS) is 24.0. The molecule has 1 aromatic rings. The van der Waals surface area contributed by atoms with Gasteiger partial charge in [-0.15, -0.1) is 0 Å². The molecule has 4 heteroatoms. The molecule has 2 aliphatic rings. The van der Waals surface area contributed by atoms with Crippen molar-refractivity contribution >= 4 is 5.91 Å². The van der Waals surface area contributed by atoms with Crippen LogP contribution in [-0.4, -0.2) is 48.2 Å². The van der Waals surface area contributed by atoms with E-state index in [0.29, 0.717) is 6.54 Å². The van der Waals surface area contributed by atoms with Crippen LogP contribution in [0, 0.1) is 0 Å². The minimum atomic E-state index is 0.0903. The molecule has 1 aliphatic heterocycles. The molecule has 0 unspecified atom stereocenters. The fraction of sp³-hybridized carbons (Fsp3) is 0.632. The highest BCUT2D eigenvalue weighted by Gasteiger charge is 2.36. The van der Waals surface area contributed by atoms with Crippen LogP contribution < -0.4 is 5.32 Å². The van der Waals surface area contributed by atoms with E-state index in [0.717, 1.165) is 38.8 Å². The molecule has 3 rings (SSSR count). The summed E-state index contributed by atoms with van der Waals surface area (Å²) >= 11 is 0. The lowest BCUT2D eigenvalue weighted by atomic mass is 9.79. The Morgan fingerprint density at radius 3 is 2.65 bits per heavy atom. The van der Waals surface area contributed by atoms with Gasteiger partial charge < -0.3 is 10.4 Å². The van der Waals surface area contributed by atoms with Gasteiger partial charge >= 0.3 is 0 Å². The van der Waals surface area contributed by atoms with Crippen molar-refractivity contribution in [2.75, 3.05) is 26.2 Å². The van der Waals surface area contributed by atoms with Crippen LogP contribution in [0.3, 0.4) is 0 Å². The Hall–Kier alpha value is -1.39. The Labute approximate surface area is 138 Å². The van der Waals surface area contributed by atoms with E-state index in [1.165, 1.54) is 18.4 Å². The van der Waals surface area contributed by atoms with Crippen molar-refractivity contribution in [3.63, 3.8) is 0 Å². The zero-order chi connectivity index (χ0) is 16.1. The van der Waals surface area contributed by atoms with E-state index in [1.54, 1.807) is 0 Å². The summed E-state index contributed by atoms with van der Waals surface area (Å²) < 4.78 is 0. The minimum absolute atomic E-state index is 0.0903. The number of nitrogens with zero attached hydrogens (tertiary/aromatic N) is 1. The summed E-state index contributed by atoms with van der Waals surface area (Å²) in [6.45, 7) is 2.22. The van der Waals surface area contributed by atoms with Gasteiger partial charge in [-0.05, 0) is 37.8 Å². The smallest absolute Gasteiger partial charge is 0.234 e. The Bertz CT molecular complexity index is 511. The number of hydrogen-bond acceptors (Lipinski definition) is 3. The highest BCUT2D eigenvalue weighted by atomic mass is 16.3. The van der Waals surface area contributed by atoms with E-state index in [4.69, 9.17) is 0 Å². The van der Waals surface area contributed by atoms with Gasteiger partial charge in [-0.2, -0.15) is 0 Å². The second-order valence-corrected chi connectivity index (χ2v) is 7.08. The summed E-state index contributed by atoms with van der Waals surface area (Å²) in [5.74, 6) is 0.0903. The first-order chi connectivity index (χ1) is 11.2. The van der Waals surface area contributed by atoms with Crippen molar-refractivity contribution in [1.29, 1.82) is 0 Å². The molecule has 1 aliphatic carbocycles. The monoisotopic (exact) mass is 316 g/mol. The number of carbonyl (C=O) groups excluding carboxylic acids is 1. The van der Waals surface area contributed by atoms with Crippen LogP contribution in [0.25, 0.3) is 0 Å². The first kappa shape index (κ1) is 16.5. The number of amides is 1. The van der Waals surface area contributed by atoms with Crippen molar-refractivity contribution in [2.24, 2.45) is 0 Å². The highest BCUT2D eigenvalue weighted by molar-refractivity contribution is 5.78. The second-order valence-electron chi connectivity index (χ2n) is 7.08. The van der Waals surface area contributed by atoms with Gasteiger partial charge in [0.25, 0.3) is 0 Å². The molecule has 2 N–H and O–H groups in total. The zero-order valence-corrected chi connectivity index (χ0v) is 13.8. The van der Waals surface area contributed by atoms with Crippen LogP contribution in [0.15, 0.2) is 30.3 Å². The van der Waals surface area contributed by atoms with E-state index in [2.05, 4.69) is 34.5 Å². The fourth-order valence-electron chi connectivity index (χ4n) is 4.23. The van der Waals surface area contributed by atoms with Crippen molar-refractivity contribution < 1.29 is 9.90 Å². The number of rotatable bonds is 6. The summed E-state index contributed by atoms with van der Waals surface area (Å²) in [7, 11) is 0. The van der Waals surface area contributed by atoms with Gasteiger partial charge in [0, 0.05) is 18.0 Å². The molecular formula is C19H28N2O2. The zero-order valence-electron chi connectivity index (χ0n) is 13.8. The maximum absolute atomic E-state index is 12.4. The van der Waals surface area contributed by atoms with E-state index >= 15 is 0 Å². The maximum Gasteiger partial charge on any atom is 0.234 e. The predicted molar refractivity (Wildman–Crippen MR) is 91.3 cm³/mol. The van der Waals surface area contributed by atoms with Crippen molar-refractivity contribution in [1.82, 2.24) is 10.2 Å². The van der Waals surface area contributed by atoms with Crippen molar-refractivity contribution in [3.05, 3.63) is 35.9 Å². The van der Waals surface area contributed by atoms with Crippen LogP contribution in [-0.2, 0) is 10.2 Å². The third kappa shape index (κ3) is 3.75. The van der Waals surface area contributed by atoms with Crippen molar-refractivity contribution in [3.8, 4) is 0 Å². The van der Waals surface area contributed by atoms with E-state index in [-0.39, 0.29) is 24.0 Å². The SMILES string of the molecule is O=C(CN1CCC[C@@H]1CO)NCC1(c2ccccc2)CCCC1. The summed E-state index contributed by atoms with van der Waals surface area (Å²) in [5.41, 5.74) is 1.46. The largest absolute Gasteiger partial charge is 0.395 e. The van der Waals surface area contributed by atoms with Gasteiger partial charge in [-0.3, -0.25) is 9.69 Å². The molecule has 0 spiro atoms. The molecule has 1 atom stereocenters. The summed E-state index contributed by atoms with van der Waals surface area (Å²) in [6, 6.07) is 10.8. The summed E-state index contributed by atoms with van der Waals surface area (Å²) in [4.78, 5) is 14.5. The van der Waals surface area contributed by atoms with Crippen LogP contribution in [0.2, 0.25) is 0 Å². The second kappa shape index (κ2) is 7.45. The molecule has 1 heterocycles. The lowest BCUT2D eigenvalue weighted by Gasteiger charge is -2.30. The lowest BCUT2D eigenvalue weighted by molar-refractivity contribution is -0.122. The van der Waals surface area contributed by atoms with Gasteiger partial charge in [0.15, 0.2) is 0 Å². The Kier molecular flexibility index (Phi) is 5.34. The molecule has 2 fully saturated rings. The first-order valence-electron chi connectivity index (χ1n) is 8.91. The molecule has 23 heavy (non-hydrogen) atoms. The van der Waals surface area contributed by atoms with Crippen LogP contribution in [0.5, 0.6) is 0 Å². The Morgan fingerprint density at radius 1 is 1.22 bits per heavy atom. The summed E-state index contributed by atoms with van der Waals surface area (Å²) in [5, 5.41) is 12.5. The maximum atomic E-state index is 12.4. The van der Waals surface area contributed by atoms with E-state index < -0.39 is 0 Å². The third-order valence-corrected chi connectivity index (χ3v) is 5.63. The van der Waals surface area contributed by atoms with Crippen LogP contribution >= 0.6 is 0 Å². The topological polar surface area (TPSA) is 52.6 Å². The molecule has 4 nitrogen and oxygen atoms in total. The van der Waals surface area contributed by atoms with Crippen LogP contribution in [0.4, 0.5) is 0 Å². The number of carbonyl (C=O) groups is 1. The third-order valence-electron chi connectivity index (χ3n) is 5.63. The molecule has 0 radical (unpaired) electrons. The van der Waals surface area contributed by atoms with E-state index in [9.17, 15) is 9.90 Å². The Morgan fingerprint density at radius 2 is 1.96 bits per heavy atom. The molecule has 0 aromatic heterocycles. The quantitative estimate of drug-likeness (QED) is 0.845. The van der Waals surface area contributed by atoms with E-state index in [1.807, 2.05) is 6.07 Å². The molecule has 1 saturated heterocycles. The Balaban J connectivity index is 1.58. The average Bonchev–Trinajstić information content (AvgIpc) is 3.23. The number of aliphatic hydroxyl groups excluding tert-OH is 1. The molecule has 126 valence electrons.